The van der Waals surface area contributed by atoms with Crippen LogP contribution in [-0.2, 0) is 0 Å². The summed E-state index contributed by atoms with van der Waals surface area (Å²) in [5, 5.41) is 6.44. The second kappa shape index (κ2) is 11.1. The van der Waals surface area contributed by atoms with Crippen molar-refractivity contribution >= 4 is 11.5 Å². The first kappa shape index (κ1) is 23.6. The summed E-state index contributed by atoms with van der Waals surface area (Å²) in [6.45, 7) is 6.25. The minimum absolute atomic E-state index is 0.182. The van der Waals surface area contributed by atoms with Gasteiger partial charge >= 0.3 is 0 Å². The molecule has 0 radical (unpaired) electrons. The Balaban J connectivity index is 1.54. The molecular formula is C28H30FN3O2. The van der Waals surface area contributed by atoms with Gasteiger partial charge in [0, 0.05) is 6.20 Å². The van der Waals surface area contributed by atoms with Crippen molar-refractivity contribution in [2.24, 2.45) is 0 Å². The van der Waals surface area contributed by atoms with Crippen LogP contribution in [0.15, 0.2) is 72.6 Å². The van der Waals surface area contributed by atoms with Crippen molar-refractivity contribution in [1.82, 2.24) is 15.6 Å². The van der Waals surface area contributed by atoms with E-state index in [4.69, 9.17) is 4.74 Å². The van der Waals surface area contributed by atoms with Gasteiger partial charge in [-0.2, -0.15) is 0 Å². The third-order valence-electron chi connectivity index (χ3n) is 6.03. The molecule has 4 rings (SSSR count). The van der Waals surface area contributed by atoms with Crippen molar-refractivity contribution in [3.8, 4) is 5.75 Å². The molecule has 176 valence electrons. The molecule has 1 aliphatic heterocycles. The fourth-order valence-electron chi connectivity index (χ4n) is 4.26. The van der Waals surface area contributed by atoms with E-state index < -0.39 is 0 Å². The Hall–Kier alpha value is -3.51. The number of aromatic nitrogens is 1. The van der Waals surface area contributed by atoms with Crippen molar-refractivity contribution < 1.29 is 13.9 Å². The minimum atomic E-state index is -0.236. The number of carbonyl (C=O) groups excluding carboxylic acids is 1. The van der Waals surface area contributed by atoms with Crippen LogP contribution in [-0.4, -0.2) is 30.6 Å². The summed E-state index contributed by atoms with van der Waals surface area (Å²) in [4.78, 5) is 16.8. The molecule has 0 unspecified atom stereocenters. The number of hydrogen-bond acceptors (Lipinski definition) is 4. The molecular weight excluding hydrogens is 429 g/mol. The maximum absolute atomic E-state index is 13.6. The Morgan fingerprint density at radius 2 is 1.68 bits per heavy atom. The van der Waals surface area contributed by atoms with E-state index in [1.165, 1.54) is 29.5 Å². The highest BCUT2D eigenvalue weighted by Crippen LogP contribution is 2.32. The molecule has 0 aliphatic carbocycles. The number of nitrogens with zero attached hydrogens (tertiary/aromatic N) is 1. The molecule has 1 aliphatic rings. The first-order chi connectivity index (χ1) is 16.5. The minimum Gasteiger partial charge on any atom is -0.492 e. The van der Waals surface area contributed by atoms with Crippen LogP contribution < -0.4 is 15.4 Å². The van der Waals surface area contributed by atoms with Gasteiger partial charge in [0.1, 0.15) is 11.6 Å². The summed E-state index contributed by atoms with van der Waals surface area (Å²) >= 11 is 0. The van der Waals surface area contributed by atoms with Gasteiger partial charge in [-0.3, -0.25) is 9.78 Å². The van der Waals surface area contributed by atoms with Gasteiger partial charge in [-0.05, 0) is 80.2 Å². The molecule has 1 fully saturated rings. The van der Waals surface area contributed by atoms with Crippen LogP contribution >= 0.6 is 0 Å². The number of carbonyl (C=O) groups is 1. The number of piperidine rings is 1. The number of nitrogens with one attached hydrogen (secondary N) is 2. The first-order valence-corrected chi connectivity index (χ1v) is 11.7. The molecule has 2 heterocycles. The fraction of sp³-hybridized carbons (Fsp3) is 0.286. The molecule has 1 atom stereocenters. The number of benzene rings is 2. The molecule has 2 N–H and O–H groups in total. The summed E-state index contributed by atoms with van der Waals surface area (Å²) in [5.74, 6) is 0.140. The molecule has 1 saturated heterocycles. The first-order valence-electron chi connectivity index (χ1n) is 11.7. The predicted octanol–water partition coefficient (Wildman–Crippen LogP) is 5.30. The van der Waals surface area contributed by atoms with Crippen LogP contribution in [0.25, 0.3) is 5.57 Å². The second-order valence-electron chi connectivity index (χ2n) is 8.39. The van der Waals surface area contributed by atoms with E-state index in [0.717, 1.165) is 42.6 Å². The van der Waals surface area contributed by atoms with E-state index in [-0.39, 0.29) is 17.8 Å². The van der Waals surface area contributed by atoms with Crippen molar-refractivity contribution in [1.29, 1.82) is 0 Å². The number of halogens is 1. The number of rotatable bonds is 7. The molecule has 0 bridgehead atoms. The Labute approximate surface area is 200 Å². The lowest BCUT2D eigenvalue weighted by atomic mass is 9.88. The van der Waals surface area contributed by atoms with Crippen LogP contribution in [0.2, 0.25) is 0 Å². The summed E-state index contributed by atoms with van der Waals surface area (Å²) in [7, 11) is 0. The van der Waals surface area contributed by atoms with Gasteiger partial charge in [0.2, 0.25) is 0 Å². The molecule has 5 nitrogen and oxygen atoms in total. The summed E-state index contributed by atoms with van der Waals surface area (Å²) in [6, 6.07) is 16.5. The van der Waals surface area contributed by atoms with E-state index in [1.54, 1.807) is 12.3 Å². The van der Waals surface area contributed by atoms with Crippen molar-refractivity contribution in [3.05, 3.63) is 101 Å². The molecule has 0 spiro atoms. The monoisotopic (exact) mass is 459 g/mol. The third kappa shape index (κ3) is 5.69. The van der Waals surface area contributed by atoms with E-state index >= 15 is 0 Å². The van der Waals surface area contributed by atoms with Crippen LogP contribution in [0.4, 0.5) is 4.39 Å². The Bertz CT molecular complexity index is 1150. The lowest BCUT2D eigenvalue weighted by Crippen LogP contribution is -2.26. The van der Waals surface area contributed by atoms with Crippen LogP contribution in [0.5, 0.6) is 5.75 Å². The third-order valence-corrected chi connectivity index (χ3v) is 6.03. The molecule has 0 saturated carbocycles. The molecule has 3 aromatic rings. The van der Waals surface area contributed by atoms with Gasteiger partial charge in [-0.1, -0.05) is 42.0 Å². The fourth-order valence-corrected chi connectivity index (χ4v) is 4.26. The standard InChI is InChI=1S/C28H30FN3O2/c1-3-34-26-16-24(17-31-18-26)28(33)32-19(2)20-4-6-21(7-5-20)27(23-12-14-30-15-13-23)22-8-10-25(29)11-9-22/h4-11,16-19,30H,3,12-15H2,1-2H3,(H,32,33)/t19-/m1/s1. The van der Waals surface area contributed by atoms with E-state index in [0.29, 0.717) is 17.9 Å². The van der Waals surface area contributed by atoms with Crippen molar-refractivity contribution in [2.45, 2.75) is 32.7 Å². The average Bonchev–Trinajstić information content (AvgIpc) is 2.87. The lowest BCUT2D eigenvalue weighted by Gasteiger charge is -2.22. The maximum atomic E-state index is 13.6. The zero-order chi connectivity index (χ0) is 23.9. The van der Waals surface area contributed by atoms with Crippen molar-refractivity contribution in [2.75, 3.05) is 19.7 Å². The predicted molar refractivity (Wildman–Crippen MR) is 132 cm³/mol. The van der Waals surface area contributed by atoms with Crippen LogP contribution in [0.3, 0.4) is 0 Å². The highest BCUT2D eigenvalue weighted by Gasteiger charge is 2.17. The lowest BCUT2D eigenvalue weighted by molar-refractivity contribution is 0.0939. The Morgan fingerprint density at radius 3 is 2.32 bits per heavy atom. The smallest absolute Gasteiger partial charge is 0.253 e. The van der Waals surface area contributed by atoms with E-state index in [2.05, 4.69) is 27.8 Å². The SMILES string of the molecule is CCOc1cncc(C(=O)N[C@H](C)c2ccc(C(=C3CCNCC3)c3ccc(F)cc3)cc2)c1. The number of hydrogen-bond donors (Lipinski definition) is 2. The van der Waals surface area contributed by atoms with Gasteiger partial charge in [0.05, 0.1) is 24.4 Å². The second-order valence-corrected chi connectivity index (χ2v) is 8.39. The zero-order valence-corrected chi connectivity index (χ0v) is 19.6. The Kier molecular flexibility index (Phi) is 7.70. The van der Waals surface area contributed by atoms with Gasteiger partial charge < -0.3 is 15.4 Å². The maximum Gasteiger partial charge on any atom is 0.253 e. The molecule has 34 heavy (non-hydrogen) atoms. The largest absolute Gasteiger partial charge is 0.492 e. The highest BCUT2D eigenvalue weighted by atomic mass is 19.1. The number of amides is 1. The van der Waals surface area contributed by atoms with Crippen LogP contribution in [0, 0.1) is 5.82 Å². The normalized spacial score (nSPS) is 14.4. The van der Waals surface area contributed by atoms with Gasteiger partial charge in [0.15, 0.2) is 0 Å². The molecule has 6 heteroatoms. The quantitative estimate of drug-likeness (QED) is 0.504. The molecule has 1 amide bonds. The number of pyridine rings is 1. The van der Waals surface area contributed by atoms with Crippen LogP contribution in [0.1, 0.15) is 59.8 Å². The zero-order valence-electron chi connectivity index (χ0n) is 19.6. The van der Waals surface area contributed by atoms with E-state index in [1.807, 2.05) is 38.1 Å². The van der Waals surface area contributed by atoms with Gasteiger partial charge in [-0.15, -0.1) is 0 Å². The summed E-state index contributed by atoms with van der Waals surface area (Å²) in [5.41, 5.74) is 6.13. The van der Waals surface area contributed by atoms with Gasteiger partial charge in [-0.25, -0.2) is 4.39 Å². The Morgan fingerprint density at radius 1 is 1.03 bits per heavy atom. The van der Waals surface area contributed by atoms with Crippen molar-refractivity contribution in [3.63, 3.8) is 0 Å². The summed E-state index contributed by atoms with van der Waals surface area (Å²) < 4.78 is 19.0. The van der Waals surface area contributed by atoms with E-state index in [9.17, 15) is 9.18 Å². The number of ether oxygens (including phenoxy) is 1. The molecule has 2 aromatic carbocycles. The highest BCUT2D eigenvalue weighted by molar-refractivity contribution is 5.94. The van der Waals surface area contributed by atoms with Gasteiger partial charge in [0.25, 0.3) is 5.91 Å². The average molecular weight is 460 g/mol. The topological polar surface area (TPSA) is 63.2 Å². The molecule has 1 aromatic heterocycles. The summed E-state index contributed by atoms with van der Waals surface area (Å²) in [6.07, 6.45) is 5.07.